The highest BCUT2D eigenvalue weighted by Gasteiger charge is 2.14. The summed E-state index contributed by atoms with van der Waals surface area (Å²) in [6.07, 6.45) is 2.28. The highest BCUT2D eigenvalue weighted by Crippen LogP contribution is 2.31. The lowest BCUT2D eigenvalue weighted by atomic mass is 10.2. The SMILES string of the molecule is O=[N+]([O-])c1cccc2c(SCCCO)ccnc12. The van der Waals surface area contributed by atoms with E-state index in [0.29, 0.717) is 11.9 Å². The monoisotopic (exact) mass is 264 g/mol. The molecule has 5 nitrogen and oxygen atoms in total. The summed E-state index contributed by atoms with van der Waals surface area (Å²) >= 11 is 1.57. The fourth-order valence-electron chi connectivity index (χ4n) is 1.65. The molecule has 1 aromatic heterocycles. The fraction of sp³-hybridized carbons (Fsp3) is 0.250. The van der Waals surface area contributed by atoms with Crippen molar-refractivity contribution >= 4 is 28.4 Å². The van der Waals surface area contributed by atoms with Gasteiger partial charge in [-0.3, -0.25) is 10.1 Å². The zero-order valence-corrected chi connectivity index (χ0v) is 10.4. The average molecular weight is 264 g/mol. The second-order valence-electron chi connectivity index (χ2n) is 3.67. The van der Waals surface area contributed by atoms with Gasteiger partial charge in [0.1, 0.15) is 5.52 Å². The Balaban J connectivity index is 2.43. The molecule has 18 heavy (non-hydrogen) atoms. The maximum atomic E-state index is 10.9. The number of nitro groups is 1. The van der Waals surface area contributed by atoms with Crippen LogP contribution in [0.3, 0.4) is 0 Å². The lowest BCUT2D eigenvalue weighted by Crippen LogP contribution is -1.92. The highest BCUT2D eigenvalue weighted by molar-refractivity contribution is 7.99. The zero-order valence-electron chi connectivity index (χ0n) is 9.57. The fourth-order valence-corrected chi connectivity index (χ4v) is 2.63. The summed E-state index contributed by atoms with van der Waals surface area (Å²) in [5.41, 5.74) is 0.439. The predicted molar refractivity (Wildman–Crippen MR) is 70.8 cm³/mol. The molecule has 0 aliphatic rings. The molecule has 0 spiro atoms. The Morgan fingerprint density at radius 2 is 2.22 bits per heavy atom. The van der Waals surface area contributed by atoms with E-state index in [2.05, 4.69) is 4.98 Å². The van der Waals surface area contributed by atoms with Crippen molar-refractivity contribution in [3.8, 4) is 0 Å². The number of nitro benzene ring substituents is 1. The van der Waals surface area contributed by atoms with Crippen molar-refractivity contribution in [1.29, 1.82) is 0 Å². The second kappa shape index (κ2) is 5.79. The van der Waals surface area contributed by atoms with Crippen LogP contribution < -0.4 is 0 Å². The smallest absolute Gasteiger partial charge is 0.295 e. The van der Waals surface area contributed by atoms with E-state index in [1.54, 1.807) is 24.0 Å². The Bertz CT molecular complexity index is 574. The minimum absolute atomic E-state index is 0.0251. The number of benzene rings is 1. The molecule has 1 N–H and O–H groups in total. The van der Waals surface area contributed by atoms with Gasteiger partial charge < -0.3 is 5.11 Å². The number of thioether (sulfide) groups is 1. The molecule has 6 heteroatoms. The van der Waals surface area contributed by atoms with E-state index in [1.165, 1.54) is 6.07 Å². The van der Waals surface area contributed by atoms with Crippen LogP contribution in [0.4, 0.5) is 5.69 Å². The van der Waals surface area contributed by atoms with Gasteiger partial charge >= 0.3 is 0 Å². The first kappa shape index (κ1) is 12.8. The summed E-state index contributed by atoms with van der Waals surface area (Å²) in [6, 6.07) is 6.79. The second-order valence-corrected chi connectivity index (χ2v) is 4.80. The number of aliphatic hydroxyl groups is 1. The standard InChI is InChI=1S/C12H12N2O3S/c15-7-2-8-18-11-5-6-13-12-9(11)3-1-4-10(12)14(16)17/h1,3-6,15H,2,7-8H2. The van der Waals surface area contributed by atoms with Crippen molar-refractivity contribution in [2.75, 3.05) is 12.4 Å². The maximum absolute atomic E-state index is 10.9. The molecule has 0 aliphatic heterocycles. The zero-order chi connectivity index (χ0) is 13.0. The number of nitrogens with zero attached hydrogens (tertiary/aromatic N) is 2. The number of non-ortho nitro benzene ring substituents is 1. The van der Waals surface area contributed by atoms with Crippen molar-refractivity contribution in [3.63, 3.8) is 0 Å². The summed E-state index contributed by atoms with van der Waals surface area (Å²) in [6.45, 7) is 0.149. The molecule has 0 atom stereocenters. The molecule has 1 aromatic carbocycles. The third-order valence-electron chi connectivity index (χ3n) is 2.47. The number of hydrogen-bond acceptors (Lipinski definition) is 5. The van der Waals surface area contributed by atoms with Crippen LogP contribution in [0, 0.1) is 10.1 Å². The molecule has 1 heterocycles. The average Bonchev–Trinajstić information content (AvgIpc) is 2.38. The quantitative estimate of drug-likeness (QED) is 0.389. The van der Waals surface area contributed by atoms with Gasteiger partial charge in [-0.25, -0.2) is 4.98 Å². The van der Waals surface area contributed by atoms with Crippen molar-refractivity contribution in [2.45, 2.75) is 11.3 Å². The molecule has 0 bridgehead atoms. The number of para-hydroxylation sites is 1. The summed E-state index contributed by atoms with van der Waals surface area (Å²) in [5, 5.41) is 20.5. The molecule has 0 saturated heterocycles. The molecular formula is C12H12N2O3S. The van der Waals surface area contributed by atoms with Gasteiger partial charge in [-0.15, -0.1) is 11.8 Å². The lowest BCUT2D eigenvalue weighted by Gasteiger charge is -2.05. The molecule has 0 radical (unpaired) electrons. The van der Waals surface area contributed by atoms with Crippen LogP contribution in [0.1, 0.15) is 6.42 Å². The first-order valence-electron chi connectivity index (χ1n) is 5.50. The van der Waals surface area contributed by atoms with Gasteiger partial charge in [0.05, 0.1) is 4.92 Å². The van der Waals surface area contributed by atoms with E-state index in [1.807, 2.05) is 12.1 Å². The van der Waals surface area contributed by atoms with Gasteiger partial charge in [0.25, 0.3) is 5.69 Å². The Morgan fingerprint density at radius 1 is 1.39 bits per heavy atom. The van der Waals surface area contributed by atoms with Gasteiger partial charge in [0.15, 0.2) is 0 Å². The van der Waals surface area contributed by atoms with E-state index >= 15 is 0 Å². The minimum Gasteiger partial charge on any atom is -0.396 e. The number of aromatic nitrogens is 1. The van der Waals surface area contributed by atoms with Crippen LogP contribution in [-0.2, 0) is 0 Å². The van der Waals surface area contributed by atoms with Gasteiger partial charge in [-0.2, -0.15) is 0 Å². The van der Waals surface area contributed by atoms with E-state index in [0.717, 1.165) is 16.0 Å². The van der Waals surface area contributed by atoms with Gasteiger partial charge in [-0.1, -0.05) is 12.1 Å². The topological polar surface area (TPSA) is 76.3 Å². The molecule has 2 rings (SSSR count). The predicted octanol–water partition coefficient (Wildman–Crippen LogP) is 2.62. The maximum Gasteiger partial charge on any atom is 0.295 e. The molecule has 0 fully saturated rings. The third-order valence-corrected chi connectivity index (χ3v) is 3.63. The molecule has 0 saturated carbocycles. The summed E-state index contributed by atoms with van der Waals surface area (Å²) in [5.74, 6) is 0.776. The van der Waals surface area contributed by atoms with Crippen LogP contribution in [0.15, 0.2) is 35.4 Å². The van der Waals surface area contributed by atoms with Crippen LogP contribution in [0.5, 0.6) is 0 Å². The summed E-state index contributed by atoms with van der Waals surface area (Å²) in [4.78, 5) is 15.5. The van der Waals surface area contributed by atoms with Crippen LogP contribution in [0.2, 0.25) is 0 Å². The van der Waals surface area contributed by atoms with Gasteiger partial charge in [0, 0.05) is 34.9 Å². The number of pyridine rings is 1. The first-order chi connectivity index (χ1) is 8.74. The number of hydrogen-bond donors (Lipinski definition) is 1. The van der Waals surface area contributed by atoms with Gasteiger partial charge in [0.2, 0.25) is 0 Å². The van der Waals surface area contributed by atoms with E-state index < -0.39 is 4.92 Å². The van der Waals surface area contributed by atoms with Crippen LogP contribution in [0.25, 0.3) is 10.9 Å². The molecule has 0 aliphatic carbocycles. The number of fused-ring (bicyclic) bond motifs is 1. The molecular weight excluding hydrogens is 252 g/mol. The Hall–Kier alpha value is -1.66. The molecule has 0 unspecified atom stereocenters. The Kier molecular flexibility index (Phi) is 4.11. The van der Waals surface area contributed by atoms with Crippen LogP contribution >= 0.6 is 11.8 Å². The number of aliphatic hydroxyl groups excluding tert-OH is 1. The highest BCUT2D eigenvalue weighted by atomic mass is 32.2. The minimum atomic E-state index is -0.419. The van der Waals surface area contributed by atoms with Gasteiger partial charge in [-0.05, 0) is 12.5 Å². The van der Waals surface area contributed by atoms with Crippen molar-refractivity contribution in [3.05, 3.63) is 40.6 Å². The third kappa shape index (κ3) is 2.60. The van der Waals surface area contributed by atoms with E-state index in [4.69, 9.17) is 5.11 Å². The molecule has 2 aromatic rings. The van der Waals surface area contributed by atoms with Crippen molar-refractivity contribution in [2.24, 2.45) is 0 Å². The lowest BCUT2D eigenvalue weighted by molar-refractivity contribution is -0.383. The Morgan fingerprint density at radius 3 is 2.94 bits per heavy atom. The van der Waals surface area contributed by atoms with Crippen molar-refractivity contribution in [1.82, 2.24) is 4.98 Å². The van der Waals surface area contributed by atoms with Crippen LogP contribution in [-0.4, -0.2) is 27.4 Å². The molecule has 94 valence electrons. The number of rotatable bonds is 5. The normalized spacial score (nSPS) is 10.7. The summed E-state index contributed by atoms with van der Waals surface area (Å²) in [7, 11) is 0. The summed E-state index contributed by atoms with van der Waals surface area (Å²) < 4.78 is 0. The first-order valence-corrected chi connectivity index (χ1v) is 6.48. The molecule has 0 amide bonds. The van der Waals surface area contributed by atoms with Crippen molar-refractivity contribution < 1.29 is 10.0 Å². The Labute approximate surface area is 108 Å². The van der Waals surface area contributed by atoms with E-state index in [-0.39, 0.29) is 12.3 Å². The van der Waals surface area contributed by atoms with E-state index in [9.17, 15) is 10.1 Å². The largest absolute Gasteiger partial charge is 0.396 e.